The Balaban J connectivity index is 2.26. The lowest BCUT2D eigenvalue weighted by molar-refractivity contribution is 0.400. The third-order valence-electron chi connectivity index (χ3n) is 3.59. The maximum Gasteiger partial charge on any atom is 0.161 e. The van der Waals surface area contributed by atoms with Crippen molar-refractivity contribution in [3.05, 3.63) is 46.8 Å². The number of ether oxygens (including phenoxy) is 1. The molecule has 2 rings (SSSR count). The van der Waals surface area contributed by atoms with E-state index in [-0.39, 0.29) is 6.04 Å². The molecule has 114 valence electrons. The molecule has 1 unspecified atom stereocenters. The van der Waals surface area contributed by atoms with E-state index in [4.69, 9.17) is 10.5 Å². The summed E-state index contributed by atoms with van der Waals surface area (Å²) in [4.78, 5) is 0. The summed E-state index contributed by atoms with van der Waals surface area (Å²) >= 11 is 0. The standard InChI is InChI=1S/C17H25N3O/c1-5-6-20-17(16(21-4)11-19-20)15(18)10-14-8-12(2)7-13(3)9-14/h7-9,11,15H,5-6,10,18H2,1-4H3. The number of nitrogens with two attached hydrogens (primary N) is 1. The highest BCUT2D eigenvalue weighted by Crippen LogP contribution is 2.26. The molecular formula is C17H25N3O. The number of rotatable bonds is 6. The minimum absolute atomic E-state index is 0.116. The molecular weight excluding hydrogens is 262 g/mol. The van der Waals surface area contributed by atoms with Gasteiger partial charge in [-0.25, -0.2) is 0 Å². The van der Waals surface area contributed by atoms with Crippen molar-refractivity contribution >= 4 is 0 Å². The molecule has 0 saturated carbocycles. The zero-order chi connectivity index (χ0) is 15.4. The second kappa shape index (κ2) is 6.76. The summed E-state index contributed by atoms with van der Waals surface area (Å²) < 4.78 is 7.38. The molecule has 0 aliphatic heterocycles. The molecule has 0 amide bonds. The molecule has 21 heavy (non-hydrogen) atoms. The van der Waals surface area contributed by atoms with Crippen LogP contribution in [0.4, 0.5) is 0 Å². The second-order valence-electron chi connectivity index (χ2n) is 5.63. The van der Waals surface area contributed by atoms with E-state index in [2.05, 4.69) is 44.1 Å². The molecule has 4 nitrogen and oxygen atoms in total. The van der Waals surface area contributed by atoms with E-state index in [0.717, 1.165) is 30.8 Å². The Labute approximate surface area is 126 Å². The molecule has 1 atom stereocenters. The first-order valence-corrected chi connectivity index (χ1v) is 7.47. The van der Waals surface area contributed by atoms with Crippen LogP contribution < -0.4 is 10.5 Å². The van der Waals surface area contributed by atoms with Gasteiger partial charge in [0.1, 0.15) is 0 Å². The first-order valence-electron chi connectivity index (χ1n) is 7.47. The van der Waals surface area contributed by atoms with Crippen molar-refractivity contribution in [3.8, 4) is 5.75 Å². The molecule has 0 aliphatic rings. The van der Waals surface area contributed by atoms with Gasteiger partial charge in [0, 0.05) is 6.54 Å². The van der Waals surface area contributed by atoms with Crippen LogP contribution in [0.2, 0.25) is 0 Å². The largest absolute Gasteiger partial charge is 0.493 e. The average Bonchev–Trinajstić information content (AvgIpc) is 2.80. The zero-order valence-corrected chi connectivity index (χ0v) is 13.4. The fourth-order valence-corrected chi connectivity index (χ4v) is 2.84. The van der Waals surface area contributed by atoms with Crippen LogP contribution in [0.25, 0.3) is 0 Å². The van der Waals surface area contributed by atoms with Crippen LogP contribution in [-0.4, -0.2) is 16.9 Å². The van der Waals surface area contributed by atoms with Crippen molar-refractivity contribution in [1.29, 1.82) is 0 Å². The highest BCUT2D eigenvalue weighted by atomic mass is 16.5. The quantitative estimate of drug-likeness (QED) is 0.888. The minimum atomic E-state index is -0.116. The number of benzene rings is 1. The van der Waals surface area contributed by atoms with Crippen LogP contribution in [-0.2, 0) is 13.0 Å². The molecule has 2 N–H and O–H groups in total. The maximum absolute atomic E-state index is 6.44. The molecule has 2 aromatic rings. The fourth-order valence-electron chi connectivity index (χ4n) is 2.84. The summed E-state index contributed by atoms with van der Waals surface area (Å²) in [6.07, 6.45) is 3.56. The summed E-state index contributed by atoms with van der Waals surface area (Å²) in [6.45, 7) is 7.22. The molecule has 4 heteroatoms. The van der Waals surface area contributed by atoms with Crippen molar-refractivity contribution in [2.45, 2.75) is 46.2 Å². The number of aryl methyl sites for hydroxylation is 3. The highest BCUT2D eigenvalue weighted by molar-refractivity contribution is 5.33. The molecule has 0 spiro atoms. The van der Waals surface area contributed by atoms with Crippen LogP contribution >= 0.6 is 0 Å². The van der Waals surface area contributed by atoms with Gasteiger partial charge in [-0.1, -0.05) is 36.2 Å². The van der Waals surface area contributed by atoms with Crippen LogP contribution in [0.1, 0.15) is 41.8 Å². The van der Waals surface area contributed by atoms with E-state index in [0.29, 0.717) is 0 Å². The van der Waals surface area contributed by atoms with Gasteiger partial charge in [0.15, 0.2) is 5.75 Å². The summed E-state index contributed by atoms with van der Waals surface area (Å²) in [5.74, 6) is 0.778. The molecule has 0 saturated heterocycles. The predicted molar refractivity (Wildman–Crippen MR) is 85.6 cm³/mol. The van der Waals surface area contributed by atoms with E-state index in [1.807, 2.05) is 4.68 Å². The molecule has 0 bridgehead atoms. The number of nitrogens with zero attached hydrogens (tertiary/aromatic N) is 2. The van der Waals surface area contributed by atoms with Gasteiger partial charge in [0.25, 0.3) is 0 Å². The van der Waals surface area contributed by atoms with Crippen LogP contribution in [0.3, 0.4) is 0 Å². The van der Waals surface area contributed by atoms with Gasteiger partial charge in [-0.05, 0) is 32.3 Å². The number of hydrogen-bond donors (Lipinski definition) is 1. The lowest BCUT2D eigenvalue weighted by Gasteiger charge is -2.16. The first kappa shape index (κ1) is 15.6. The molecule has 1 heterocycles. The van der Waals surface area contributed by atoms with Crippen molar-refractivity contribution in [3.63, 3.8) is 0 Å². The normalized spacial score (nSPS) is 12.4. The van der Waals surface area contributed by atoms with Crippen LogP contribution in [0.15, 0.2) is 24.4 Å². The van der Waals surface area contributed by atoms with Crippen molar-refractivity contribution < 1.29 is 4.74 Å². The summed E-state index contributed by atoms with van der Waals surface area (Å²) in [5, 5.41) is 4.39. The van der Waals surface area contributed by atoms with Gasteiger partial charge in [-0.2, -0.15) is 5.10 Å². The smallest absolute Gasteiger partial charge is 0.161 e. The Bertz CT molecular complexity index is 584. The van der Waals surface area contributed by atoms with Gasteiger partial charge in [0.05, 0.1) is 25.0 Å². The molecule has 1 aromatic carbocycles. The zero-order valence-electron chi connectivity index (χ0n) is 13.4. The van der Waals surface area contributed by atoms with Crippen molar-refractivity contribution in [2.75, 3.05) is 7.11 Å². The van der Waals surface area contributed by atoms with E-state index in [1.54, 1.807) is 13.3 Å². The second-order valence-corrected chi connectivity index (χ2v) is 5.63. The Hall–Kier alpha value is -1.81. The topological polar surface area (TPSA) is 53.1 Å². The molecule has 0 aliphatic carbocycles. The van der Waals surface area contributed by atoms with Gasteiger partial charge in [0.2, 0.25) is 0 Å². The molecule has 0 fully saturated rings. The van der Waals surface area contributed by atoms with Gasteiger partial charge < -0.3 is 10.5 Å². The van der Waals surface area contributed by atoms with Gasteiger partial charge in [-0.3, -0.25) is 4.68 Å². The Kier molecular flexibility index (Phi) is 5.02. The highest BCUT2D eigenvalue weighted by Gasteiger charge is 2.19. The Morgan fingerprint density at radius 2 is 1.90 bits per heavy atom. The number of hydrogen-bond acceptors (Lipinski definition) is 3. The SMILES string of the molecule is CCCn1ncc(OC)c1C(N)Cc1cc(C)cc(C)c1. The average molecular weight is 287 g/mol. The first-order chi connectivity index (χ1) is 10.0. The van der Waals surface area contributed by atoms with Crippen molar-refractivity contribution in [2.24, 2.45) is 5.73 Å². The van der Waals surface area contributed by atoms with Gasteiger partial charge in [-0.15, -0.1) is 0 Å². The number of methoxy groups -OCH3 is 1. The van der Waals surface area contributed by atoms with Crippen LogP contribution in [0.5, 0.6) is 5.75 Å². The third kappa shape index (κ3) is 3.64. The summed E-state index contributed by atoms with van der Waals surface area (Å²) in [6, 6.07) is 6.45. The van der Waals surface area contributed by atoms with Gasteiger partial charge >= 0.3 is 0 Å². The molecule has 1 aromatic heterocycles. The number of aromatic nitrogens is 2. The lowest BCUT2D eigenvalue weighted by Crippen LogP contribution is -2.19. The summed E-state index contributed by atoms with van der Waals surface area (Å²) in [5.41, 5.74) is 11.2. The van der Waals surface area contributed by atoms with E-state index >= 15 is 0 Å². The van der Waals surface area contributed by atoms with Crippen LogP contribution in [0, 0.1) is 13.8 Å². The lowest BCUT2D eigenvalue weighted by atomic mass is 9.99. The Morgan fingerprint density at radius 3 is 2.48 bits per heavy atom. The maximum atomic E-state index is 6.44. The Morgan fingerprint density at radius 1 is 1.24 bits per heavy atom. The minimum Gasteiger partial charge on any atom is -0.493 e. The fraction of sp³-hybridized carbons (Fsp3) is 0.471. The van der Waals surface area contributed by atoms with E-state index in [9.17, 15) is 0 Å². The third-order valence-corrected chi connectivity index (χ3v) is 3.59. The summed E-state index contributed by atoms with van der Waals surface area (Å²) in [7, 11) is 1.67. The van der Waals surface area contributed by atoms with E-state index < -0.39 is 0 Å². The molecule has 0 radical (unpaired) electrons. The predicted octanol–water partition coefficient (Wildman–Crippen LogP) is 3.16. The monoisotopic (exact) mass is 287 g/mol. The van der Waals surface area contributed by atoms with E-state index in [1.165, 1.54) is 16.7 Å². The van der Waals surface area contributed by atoms with Crippen molar-refractivity contribution in [1.82, 2.24) is 9.78 Å².